The molecule has 0 aliphatic carbocycles. The number of nitrogens with one attached hydrogen (secondary N) is 1. The normalized spacial score (nSPS) is 22.1. The molecule has 0 aromatic heterocycles. The molecule has 3 unspecified atom stereocenters. The van der Waals surface area contributed by atoms with Crippen LogP contribution in [-0.2, 0) is 55.6 Å². The van der Waals surface area contributed by atoms with Crippen molar-refractivity contribution < 1.29 is 57.9 Å². The van der Waals surface area contributed by atoms with E-state index in [0.29, 0.717) is 42.8 Å². The molecule has 4 N–H and O–H groups in total. The minimum atomic E-state index is -4.63. The maximum atomic E-state index is 13.1. The molecule has 5 rings (SSSR count). The van der Waals surface area contributed by atoms with Gasteiger partial charge in [0.25, 0.3) is 30.4 Å². The lowest BCUT2D eigenvalue weighted by atomic mass is 9.75. The van der Waals surface area contributed by atoms with Crippen LogP contribution in [0.5, 0.6) is 0 Å². The second-order valence-corrected chi connectivity index (χ2v) is 23.6. The number of rotatable bonds is 21. The van der Waals surface area contributed by atoms with Crippen LogP contribution >= 0.6 is 0 Å². The Morgan fingerprint density at radius 3 is 2.09 bits per heavy atom. The summed E-state index contributed by atoms with van der Waals surface area (Å²) in [6, 6.07) is 10.4. The van der Waals surface area contributed by atoms with Gasteiger partial charge < -0.3 is 10.2 Å². The number of anilines is 1. The highest BCUT2D eigenvalue weighted by atomic mass is 32.2. The van der Waals surface area contributed by atoms with E-state index in [1.165, 1.54) is 23.1 Å². The molecular weight excluding hydrogens is 921 g/mol. The number of nitrogens with zero attached hydrogens (tertiary/aromatic N) is 3. The van der Waals surface area contributed by atoms with E-state index in [-0.39, 0.29) is 79.1 Å². The van der Waals surface area contributed by atoms with Crippen molar-refractivity contribution in [2.24, 2.45) is 11.3 Å². The topological polar surface area (TPSA) is 236 Å². The third-order valence-electron chi connectivity index (χ3n) is 13.1. The molecule has 67 heavy (non-hydrogen) atoms. The standard InChI is InChI=1S/C48H64N4O12S3/c1-8-50-39-22-20-34(2)31-36(39)48(7,25-15-29-65(56,57)58)41(50)17-12-10-9-11-13-18-42-47(6,24-14-19-43(53)49-26-28-52-44(54)33-38(45(52)55)46(3,4)5)37-32-35(67(62,63)64)21-23-40(37)51(42)27-16-30-66(59,60)61/h9-13,17-18,20-23,31-32,38H,8,14-16,19,24-30,33H2,1-7H3,(H3-,49,53,56,57,58,59,60,61,62,63,64)/p+1. The van der Waals surface area contributed by atoms with Gasteiger partial charge in [-0.05, 0) is 101 Å². The number of allylic oxidation sites excluding steroid dienone is 8. The first-order valence-electron chi connectivity index (χ1n) is 22.5. The molecule has 3 amide bonds. The van der Waals surface area contributed by atoms with E-state index < -0.39 is 52.9 Å². The largest absolute Gasteiger partial charge is 0.354 e. The van der Waals surface area contributed by atoms with Crippen molar-refractivity contribution in [1.82, 2.24) is 10.2 Å². The Bertz CT molecular complexity index is 2750. The fourth-order valence-corrected chi connectivity index (χ4v) is 11.1. The summed E-state index contributed by atoms with van der Waals surface area (Å²) in [6.07, 6.45) is 14.5. The smallest absolute Gasteiger partial charge is 0.294 e. The summed E-state index contributed by atoms with van der Waals surface area (Å²) in [5, 5.41) is 2.80. The number of likely N-dealkylation sites (tertiary alicyclic amines) is 1. The van der Waals surface area contributed by atoms with E-state index in [0.717, 1.165) is 22.5 Å². The molecule has 3 atom stereocenters. The van der Waals surface area contributed by atoms with Crippen molar-refractivity contribution in [1.29, 1.82) is 0 Å². The van der Waals surface area contributed by atoms with Gasteiger partial charge in [-0.2, -0.15) is 29.8 Å². The number of carbonyl (C=O) groups is 3. The van der Waals surface area contributed by atoms with Crippen molar-refractivity contribution in [2.75, 3.05) is 42.6 Å². The molecule has 3 heterocycles. The van der Waals surface area contributed by atoms with E-state index in [9.17, 15) is 53.3 Å². The molecule has 1 saturated heterocycles. The van der Waals surface area contributed by atoms with Crippen molar-refractivity contribution in [3.05, 3.63) is 101 Å². The van der Waals surface area contributed by atoms with Gasteiger partial charge in [0.15, 0.2) is 5.71 Å². The Labute approximate surface area is 395 Å². The molecule has 3 aliphatic rings. The first-order valence-corrected chi connectivity index (χ1v) is 27.2. The zero-order valence-corrected chi connectivity index (χ0v) is 41.8. The third-order valence-corrected chi connectivity index (χ3v) is 15.5. The monoisotopic (exact) mass is 985 g/mol. The number of imide groups is 1. The zero-order valence-electron chi connectivity index (χ0n) is 39.4. The van der Waals surface area contributed by atoms with Crippen LogP contribution in [0.4, 0.5) is 11.4 Å². The number of fused-ring (bicyclic) bond motifs is 2. The van der Waals surface area contributed by atoms with Crippen LogP contribution in [0.3, 0.4) is 0 Å². The summed E-state index contributed by atoms with van der Waals surface area (Å²) >= 11 is 0. The minimum Gasteiger partial charge on any atom is -0.354 e. The molecule has 0 spiro atoms. The van der Waals surface area contributed by atoms with E-state index in [2.05, 4.69) is 28.9 Å². The van der Waals surface area contributed by atoms with E-state index in [1.54, 1.807) is 12.2 Å². The van der Waals surface area contributed by atoms with Crippen molar-refractivity contribution in [3.63, 3.8) is 0 Å². The van der Waals surface area contributed by atoms with Gasteiger partial charge in [-0.25, -0.2) is 0 Å². The lowest BCUT2D eigenvalue weighted by molar-refractivity contribution is -0.433. The number of benzene rings is 2. The van der Waals surface area contributed by atoms with Gasteiger partial charge in [0.05, 0.1) is 27.7 Å². The molecule has 16 nitrogen and oxygen atoms in total. The minimum absolute atomic E-state index is 0.0207. The van der Waals surface area contributed by atoms with Gasteiger partial charge in [0.2, 0.25) is 23.4 Å². The average Bonchev–Trinajstić information content (AvgIpc) is 3.73. The lowest BCUT2D eigenvalue weighted by Gasteiger charge is -2.30. The average molecular weight is 986 g/mol. The fraction of sp³-hybridized carbons (Fsp3) is 0.500. The van der Waals surface area contributed by atoms with Gasteiger partial charge >= 0.3 is 0 Å². The van der Waals surface area contributed by atoms with Gasteiger partial charge in [0, 0.05) is 67.0 Å². The van der Waals surface area contributed by atoms with Crippen molar-refractivity contribution >= 4 is 65.2 Å². The van der Waals surface area contributed by atoms with Crippen LogP contribution in [-0.4, -0.2) is 110 Å². The summed E-state index contributed by atoms with van der Waals surface area (Å²) in [5.74, 6) is -2.15. The highest BCUT2D eigenvalue weighted by Gasteiger charge is 2.48. The van der Waals surface area contributed by atoms with Gasteiger partial charge in [-0.1, -0.05) is 62.8 Å². The number of hydrogen-bond donors (Lipinski definition) is 4. The molecule has 366 valence electrons. The molecule has 0 saturated carbocycles. The van der Waals surface area contributed by atoms with Crippen LogP contribution < -0.4 is 10.2 Å². The maximum Gasteiger partial charge on any atom is 0.294 e. The predicted molar refractivity (Wildman–Crippen MR) is 258 cm³/mol. The van der Waals surface area contributed by atoms with Crippen LogP contribution in [0.2, 0.25) is 0 Å². The zero-order chi connectivity index (χ0) is 49.8. The molecule has 0 radical (unpaired) electrons. The van der Waals surface area contributed by atoms with E-state index in [1.807, 2.05) is 82.9 Å². The number of carbonyl (C=O) groups excluding carboxylic acids is 3. The Morgan fingerprint density at radius 2 is 1.46 bits per heavy atom. The van der Waals surface area contributed by atoms with E-state index >= 15 is 0 Å². The second kappa shape index (κ2) is 20.8. The Balaban J connectivity index is 1.39. The fourth-order valence-electron chi connectivity index (χ4n) is 9.56. The van der Waals surface area contributed by atoms with Gasteiger partial charge in [-0.15, -0.1) is 0 Å². The van der Waals surface area contributed by atoms with Crippen LogP contribution in [0.1, 0.15) is 103 Å². The molecular formula is C48H65N4O12S3+. The maximum absolute atomic E-state index is 13.1. The van der Waals surface area contributed by atoms with Crippen LogP contribution in [0.25, 0.3) is 0 Å². The van der Waals surface area contributed by atoms with Gasteiger partial charge in [-0.3, -0.25) is 32.9 Å². The first kappa shape index (κ1) is 53.2. The van der Waals surface area contributed by atoms with Crippen LogP contribution in [0, 0.1) is 18.3 Å². The molecule has 3 aliphatic heterocycles. The second-order valence-electron chi connectivity index (χ2n) is 19.0. The summed E-state index contributed by atoms with van der Waals surface area (Å²) in [4.78, 5) is 41.4. The summed E-state index contributed by atoms with van der Waals surface area (Å²) < 4.78 is 103. The highest BCUT2D eigenvalue weighted by molar-refractivity contribution is 7.86. The first-order chi connectivity index (χ1) is 31.1. The Hall–Kier alpha value is -4.79. The number of hydrogen-bond acceptors (Lipinski definition) is 10. The number of amides is 3. The van der Waals surface area contributed by atoms with E-state index in [4.69, 9.17) is 0 Å². The number of aryl methyl sites for hydroxylation is 1. The Morgan fingerprint density at radius 1 is 0.821 bits per heavy atom. The summed E-state index contributed by atoms with van der Waals surface area (Å²) in [6.45, 7) is 14.6. The molecule has 2 aromatic rings. The van der Waals surface area contributed by atoms with Crippen molar-refractivity contribution in [3.8, 4) is 0 Å². The highest BCUT2D eigenvalue weighted by Crippen LogP contribution is 2.51. The molecule has 19 heteroatoms. The summed E-state index contributed by atoms with van der Waals surface area (Å²) in [5.41, 5.74) is 4.02. The predicted octanol–water partition coefficient (Wildman–Crippen LogP) is 6.60. The quantitative estimate of drug-likeness (QED) is 0.0447. The SMILES string of the molecule is CC[N+]1=C(/C=C/C=C/C=C/C=C2/N(CCCS(=O)(=O)O)c3ccc(S(=O)(=O)O)cc3C2(C)CCCC(=O)NCCN2C(=O)CC(C(C)(C)C)C2=O)C(C)(CCCS(=O)(=O)O)c2cc(C)ccc21. The van der Waals surface area contributed by atoms with Crippen molar-refractivity contribution in [2.45, 2.75) is 109 Å². The molecule has 2 aromatic carbocycles. The third kappa shape index (κ3) is 12.9. The summed E-state index contributed by atoms with van der Waals surface area (Å²) in [7, 11) is -13.1. The van der Waals surface area contributed by atoms with Crippen LogP contribution in [0.15, 0.2) is 89.5 Å². The Kier molecular flexibility index (Phi) is 16.5. The molecule has 0 bridgehead atoms. The lowest BCUT2D eigenvalue weighted by Crippen LogP contribution is -2.39. The molecule has 1 fully saturated rings. The van der Waals surface area contributed by atoms with Gasteiger partial charge in [0.1, 0.15) is 6.54 Å².